The van der Waals surface area contributed by atoms with Crippen molar-refractivity contribution in [3.05, 3.63) is 41.4 Å². The van der Waals surface area contributed by atoms with Crippen LogP contribution in [0.5, 0.6) is 0 Å². The van der Waals surface area contributed by atoms with E-state index in [2.05, 4.69) is 6.92 Å². The van der Waals surface area contributed by atoms with Crippen LogP contribution in [0.15, 0.2) is 40.8 Å². The highest BCUT2D eigenvalue weighted by molar-refractivity contribution is 8.03. The van der Waals surface area contributed by atoms with E-state index >= 15 is 0 Å². The minimum absolute atomic E-state index is 0.124. The molecule has 0 amide bonds. The highest BCUT2D eigenvalue weighted by Gasteiger charge is 2.29. The molecule has 244 valence electrons. The van der Waals surface area contributed by atoms with E-state index in [-0.39, 0.29) is 36.3 Å². The Morgan fingerprint density at radius 2 is 1.56 bits per heavy atom. The summed E-state index contributed by atoms with van der Waals surface area (Å²) in [5, 5.41) is 1.79. The molecule has 3 atom stereocenters. The number of esters is 1. The van der Waals surface area contributed by atoms with E-state index in [0.29, 0.717) is 19.6 Å². The summed E-state index contributed by atoms with van der Waals surface area (Å²) >= 11 is 1.27. The van der Waals surface area contributed by atoms with E-state index in [1.54, 1.807) is 40.8 Å². The molecule has 8 nitrogen and oxygen atoms in total. The third-order valence-corrected chi connectivity index (χ3v) is 10.1. The zero-order chi connectivity index (χ0) is 30.8. The van der Waals surface area contributed by atoms with Gasteiger partial charge in [-0.05, 0) is 43.7 Å². The molecule has 0 aliphatic carbocycles. The van der Waals surface area contributed by atoms with Gasteiger partial charge in [-0.25, -0.2) is 4.18 Å². The molecule has 3 rings (SSSR count). The number of rotatable bonds is 23. The van der Waals surface area contributed by atoms with Gasteiger partial charge in [0, 0.05) is 19.2 Å². The molecule has 0 radical (unpaired) electrons. The SMILES string of the molecule is CCCCCCCCCCCCCCCC1OCC(COC(=O)CCCN2C=CSC2OS(=O)(=O)c2ccc(C)cc2)O1. The first-order chi connectivity index (χ1) is 20.9. The van der Waals surface area contributed by atoms with Crippen molar-refractivity contribution in [3.63, 3.8) is 0 Å². The van der Waals surface area contributed by atoms with E-state index in [1.165, 1.54) is 88.8 Å². The average Bonchev–Trinajstić information content (AvgIpc) is 3.63. The summed E-state index contributed by atoms with van der Waals surface area (Å²) in [6.45, 7) is 5.27. The van der Waals surface area contributed by atoms with E-state index in [0.717, 1.165) is 18.4 Å². The molecule has 0 bridgehead atoms. The molecule has 0 aromatic heterocycles. The molecule has 3 unspecified atom stereocenters. The van der Waals surface area contributed by atoms with Crippen LogP contribution in [0.4, 0.5) is 0 Å². The standard InChI is InChI=1S/C33H53NO7S2/c1-3-4-5-6-7-8-9-10-11-12-13-14-15-18-32-39-27-29(40-32)26-38-31(35)17-16-23-34-24-25-42-33(34)41-43(36,37)30-21-19-28(2)20-22-30/h19-22,24-25,29,32-33H,3-18,23,26-27H2,1-2H3. The highest BCUT2D eigenvalue weighted by atomic mass is 32.2. The minimum atomic E-state index is -3.90. The predicted octanol–water partition coefficient (Wildman–Crippen LogP) is 8.05. The summed E-state index contributed by atoms with van der Waals surface area (Å²) in [6, 6.07) is 6.56. The Labute approximate surface area is 264 Å². The van der Waals surface area contributed by atoms with Crippen molar-refractivity contribution in [1.29, 1.82) is 0 Å². The van der Waals surface area contributed by atoms with E-state index in [9.17, 15) is 13.2 Å². The molecule has 2 heterocycles. The molecule has 0 saturated carbocycles. The van der Waals surface area contributed by atoms with Crippen LogP contribution in [0.2, 0.25) is 0 Å². The van der Waals surface area contributed by atoms with Crippen LogP contribution in [0.1, 0.15) is 115 Å². The van der Waals surface area contributed by atoms with Gasteiger partial charge in [0.2, 0.25) is 5.56 Å². The average molecular weight is 640 g/mol. The molecule has 1 aromatic rings. The Morgan fingerprint density at radius 1 is 0.930 bits per heavy atom. The number of aryl methyl sites for hydroxylation is 1. The van der Waals surface area contributed by atoms with Gasteiger partial charge in [0.1, 0.15) is 12.7 Å². The number of nitrogens with zero attached hydrogens (tertiary/aromatic N) is 1. The van der Waals surface area contributed by atoms with Gasteiger partial charge in [-0.15, -0.1) is 0 Å². The van der Waals surface area contributed by atoms with Crippen LogP contribution in [-0.4, -0.2) is 57.0 Å². The van der Waals surface area contributed by atoms with Crippen LogP contribution in [-0.2, 0) is 33.3 Å². The summed E-state index contributed by atoms with van der Waals surface area (Å²) in [5.41, 5.74) is 0.277. The van der Waals surface area contributed by atoms with Gasteiger partial charge >= 0.3 is 5.97 Å². The number of unbranched alkanes of at least 4 members (excludes halogenated alkanes) is 12. The molecule has 1 saturated heterocycles. The van der Waals surface area contributed by atoms with Crippen molar-refractivity contribution >= 4 is 27.8 Å². The summed E-state index contributed by atoms with van der Waals surface area (Å²) in [6.07, 6.45) is 20.3. The predicted molar refractivity (Wildman–Crippen MR) is 172 cm³/mol. The van der Waals surface area contributed by atoms with Crippen LogP contribution < -0.4 is 0 Å². The second kappa shape index (κ2) is 20.4. The van der Waals surface area contributed by atoms with Gasteiger partial charge in [0.15, 0.2) is 6.29 Å². The third-order valence-electron chi connectivity index (χ3n) is 7.82. The maximum atomic E-state index is 12.6. The van der Waals surface area contributed by atoms with Crippen LogP contribution in [0.25, 0.3) is 0 Å². The topological polar surface area (TPSA) is 91.4 Å². The molecule has 1 fully saturated rings. The lowest BCUT2D eigenvalue weighted by Gasteiger charge is -2.24. The number of hydrogen-bond donors (Lipinski definition) is 0. The lowest BCUT2D eigenvalue weighted by molar-refractivity contribution is -0.148. The number of benzene rings is 1. The number of ether oxygens (including phenoxy) is 3. The van der Waals surface area contributed by atoms with Gasteiger partial charge in [0.05, 0.1) is 11.5 Å². The van der Waals surface area contributed by atoms with E-state index in [1.807, 2.05) is 6.92 Å². The number of carbonyl (C=O) groups excluding carboxylic acids is 1. The van der Waals surface area contributed by atoms with Crippen LogP contribution in [0.3, 0.4) is 0 Å². The zero-order valence-electron chi connectivity index (χ0n) is 26.3. The second-order valence-corrected chi connectivity index (χ2v) is 14.2. The Bertz CT molecular complexity index is 1050. The fraction of sp³-hybridized carbons (Fsp3) is 0.727. The van der Waals surface area contributed by atoms with Crippen molar-refractivity contribution in [2.24, 2.45) is 0 Å². The molecule has 0 spiro atoms. The first-order valence-electron chi connectivity index (χ1n) is 16.4. The lowest BCUT2D eigenvalue weighted by atomic mass is 10.0. The quantitative estimate of drug-likeness (QED) is 0.0670. The first-order valence-corrected chi connectivity index (χ1v) is 18.7. The molecule has 43 heavy (non-hydrogen) atoms. The number of carbonyl (C=O) groups is 1. The molecular weight excluding hydrogens is 586 g/mol. The maximum Gasteiger partial charge on any atom is 0.305 e. The number of thioether (sulfide) groups is 1. The normalized spacial score (nSPS) is 20.2. The van der Waals surface area contributed by atoms with Crippen LogP contribution >= 0.6 is 11.8 Å². The molecule has 2 aliphatic heterocycles. The first kappa shape index (κ1) is 35.9. The van der Waals surface area contributed by atoms with Gasteiger partial charge < -0.3 is 19.1 Å². The van der Waals surface area contributed by atoms with Gasteiger partial charge in [-0.3, -0.25) is 4.79 Å². The van der Waals surface area contributed by atoms with Crippen molar-refractivity contribution in [2.45, 2.75) is 139 Å². The van der Waals surface area contributed by atoms with Crippen LogP contribution in [0, 0.1) is 6.92 Å². The second-order valence-electron chi connectivity index (χ2n) is 11.7. The largest absolute Gasteiger partial charge is 0.463 e. The molecule has 1 aromatic carbocycles. The van der Waals surface area contributed by atoms with Crippen molar-refractivity contribution in [3.8, 4) is 0 Å². The summed E-state index contributed by atoms with van der Waals surface area (Å²) in [4.78, 5) is 14.2. The Hall–Kier alpha value is -1.59. The molecular formula is C33H53NO7S2. The molecule has 10 heteroatoms. The fourth-order valence-corrected chi connectivity index (χ4v) is 7.29. The summed E-state index contributed by atoms with van der Waals surface area (Å²) in [5.74, 6) is -0.302. The molecule has 0 N–H and O–H groups in total. The van der Waals surface area contributed by atoms with Gasteiger partial charge in [-0.2, -0.15) is 8.42 Å². The van der Waals surface area contributed by atoms with Crippen molar-refractivity contribution in [1.82, 2.24) is 4.90 Å². The Morgan fingerprint density at radius 3 is 2.21 bits per heavy atom. The van der Waals surface area contributed by atoms with Gasteiger partial charge in [-0.1, -0.05) is 113 Å². The highest BCUT2D eigenvalue weighted by Crippen LogP contribution is 2.30. The van der Waals surface area contributed by atoms with Crippen molar-refractivity contribution in [2.75, 3.05) is 19.8 Å². The van der Waals surface area contributed by atoms with E-state index < -0.39 is 15.7 Å². The Kier molecular flexibility index (Phi) is 17.1. The third kappa shape index (κ3) is 14.4. The maximum absolute atomic E-state index is 12.6. The smallest absolute Gasteiger partial charge is 0.305 e. The fourth-order valence-electron chi connectivity index (χ4n) is 5.20. The van der Waals surface area contributed by atoms with E-state index in [4.69, 9.17) is 18.4 Å². The van der Waals surface area contributed by atoms with Crippen molar-refractivity contribution < 1.29 is 31.6 Å². The molecule has 2 aliphatic rings. The zero-order valence-corrected chi connectivity index (χ0v) is 27.9. The lowest BCUT2D eigenvalue weighted by Crippen LogP contribution is -2.31. The monoisotopic (exact) mass is 639 g/mol. The minimum Gasteiger partial charge on any atom is -0.463 e. The summed E-state index contributed by atoms with van der Waals surface area (Å²) < 4.78 is 47.8. The summed E-state index contributed by atoms with van der Waals surface area (Å²) in [7, 11) is -3.90. The Balaban J connectivity index is 1.17. The number of hydrogen-bond acceptors (Lipinski definition) is 9. The van der Waals surface area contributed by atoms with Gasteiger partial charge in [0.25, 0.3) is 10.1 Å².